The van der Waals surface area contributed by atoms with Crippen molar-refractivity contribution in [3.05, 3.63) is 35.0 Å². The summed E-state index contributed by atoms with van der Waals surface area (Å²) < 4.78 is 0. The molecule has 2 heterocycles. The summed E-state index contributed by atoms with van der Waals surface area (Å²) in [6.07, 6.45) is 7.26. The molecule has 0 aliphatic heterocycles. The number of H-pyrrole nitrogens is 2. The van der Waals surface area contributed by atoms with E-state index >= 15 is 0 Å². The molecule has 6 nitrogen and oxygen atoms in total. The highest BCUT2D eigenvalue weighted by atomic mass is 16.1. The Bertz CT molecular complexity index is 877. The van der Waals surface area contributed by atoms with Crippen LogP contribution in [0.4, 0.5) is 0 Å². The molecule has 2 aromatic heterocycles. The van der Waals surface area contributed by atoms with E-state index in [0.717, 1.165) is 36.7 Å². The molecule has 2 aliphatic rings. The zero-order valence-electron chi connectivity index (χ0n) is 12.6. The number of aryl methyl sites for hydroxylation is 2. The maximum Gasteiger partial charge on any atom is 0.255 e. The van der Waals surface area contributed by atoms with Crippen molar-refractivity contribution in [2.24, 2.45) is 0 Å². The number of hydrogen-bond donors (Lipinski definition) is 3. The third-order valence-corrected chi connectivity index (χ3v) is 4.72. The van der Waals surface area contributed by atoms with E-state index in [4.69, 9.17) is 0 Å². The number of imidazole rings is 1. The summed E-state index contributed by atoms with van der Waals surface area (Å²) in [5.74, 6) is 0.560. The van der Waals surface area contributed by atoms with Crippen molar-refractivity contribution >= 4 is 16.9 Å². The van der Waals surface area contributed by atoms with Gasteiger partial charge in [0.05, 0.1) is 16.6 Å². The van der Waals surface area contributed by atoms with Gasteiger partial charge in [0.25, 0.3) is 5.91 Å². The van der Waals surface area contributed by atoms with Crippen LogP contribution in [-0.2, 0) is 12.8 Å². The van der Waals surface area contributed by atoms with Gasteiger partial charge in [0.15, 0.2) is 5.82 Å². The Balaban J connectivity index is 1.55. The summed E-state index contributed by atoms with van der Waals surface area (Å²) in [6, 6.07) is 4.67. The van der Waals surface area contributed by atoms with Crippen molar-refractivity contribution in [1.29, 1.82) is 0 Å². The topological polar surface area (TPSA) is 86.5 Å². The number of nitrogens with zero attached hydrogens (tertiary/aromatic N) is 2. The highest BCUT2D eigenvalue weighted by Crippen LogP contribution is 2.29. The van der Waals surface area contributed by atoms with E-state index in [-0.39, 0.29) is 5.91 Å². The molecule has 0 saturated heterocycles. The lowest BCUT2D eigenvalue weighted by atomic mass is 10.1. The summed E-state index contributed by atoms with van der Waals surface area (Å²) in [4.78, 5) is 20.3. The molecule has 5 rings (SSSR count). The summed E-state index contributed by atoms with van der Waals surface area (Å²) in [5, 5.41) is 10.0. The molecule has 0 bridgehead atoms. The van der Waals surface area contributed by atoms with Crippen LogP contribution in [0, 0.1) is 0 Å². The van der Waals surface area contributed by atoms with E-state index in [0.29, 0.717) is 23.1 Å². The molecule has 3 N–H and O–H groups in total. The van der Waals surface area contributed by atoms with Crippen molar-refractivity contribution in [1.82, 2.24) is 25.5 Å². The van der Waals surface area contributed by atoms with Gasteiger partial charge < -0.3 is 10.3 Å². The van der Waals surface area contributed by atoms with Gasteiger partial charge in [0.2, 0.25) is 0 Å². The molecular weight excluding hydrogens is 290 g/mol. The molecule has 2 aliphatic carbocycles. The van der Waals surface area contributed by atoms with Gasteiger partial charge in [-0.25, -0.2) is 4.98 Å². The Morgan fingerprint density at radius 3 is 2.87 bits per heavy atom. The Labute approximate surface area is 132 Å². The first kappa shape index (κ1) is 12.9. The molecule has 3 aromatic rings. The first-order valence-corrected chi connectivity index (χ1v) is 8.14. The molecule has 23 heavy (non-hydrogen) atoms. The van der Waals surface area contributed by atoms with Crippen LogP contribution in [0.15, 0.2) is 18.3 Å². The van der Waals surface area contributed by atoms with Gasteiger partial charge in [0.1, 0.15) is 5.69 Å². The quantitative estimate of drug-likeness (QED) is 0.694. The first-order valence-electron chi connectivity index (χ1n) is 8.14. The molecular formula is C17H17N5O. The smallest absolute Gasteiger partial charge is 0.255 e. The van der Waals surface area contributed by atoms with E-state index in [2.05, 4.69) is 37.6 Å². The van der Waals surface area contributed by atoms with Crippen LogP contribution in [0.25, 0.3) is 22.6 Å². The molecule has 6 heteroatoms. The van der Waals surface area contributed by atoms with E-state index in [1.807, 2.05) is 0 Å². The van der Waals surface area contributed by atoms with Crippen molar-refractivity contribution in [2.45, 2.75) is 38.1 Å². The second kappa shape index (κ2) is 4.68. The van der Waals surface area contributed by atoms with E-state index < -0.39 is 0 Å². The first-order chi connectivity index (χ1) is 11.3. The average molecular weight is 307 g/mol. The molecule has 1 amide bonds. The predicted octanol–water partition coefficient (Wildman–Crippen LogP) is 2.33. The van der Waals surface area contributed by atoms with Crippen molar-refractivity contribution in [2.75, 3.05) is 0 Å². The minimum absolute atomic E-state index is 0.0841. The maximum absolute atomic E-state index is 12.3. The summed E-state index contributed by atoms with van der Waals surface area (Å²) in [5.41, 5.74) is 5.88. The summed E-state index contributed by atoms with van der Waals surface area (Å²) in [7, 11) is 0. The van der Waals surface area contributed by atoms with Gasteiger partial charge in [-0.2, -0.15) is 5.10 Å². The fourth-order valence-corrected chi connectivity index (χ4v) is 3.33. The highest BCUT2D eigenvalue weighted by molar-refractivity contribution is 6.00. The fraction of sp³-hybridized carbons (Fsp3) is 0.353. The number of carbonyl (C=O) groups is 1. The van der Waals surface area contributed by atoms with Gasteiger partial charge >= 0.3 is 0 Å². The minimum Gasteiger partial charge on any atom is -0.349 e. The molecule has 1 fully saturated rings. The number of rotatable bonds is 3. The molecule has 0 unspecified atom stereocenters. The zero-order chi connectivity index (χ0) is 15.4. The molecule has 0 radical (unpaired) electrons. The second-order valence-corrected chi connectivity index (χ2v) is 6.47. The lowest BCUT2D eigenvalue weighted by molar-refractivity contribution is 0.0951. The highest BCUT2D eigenvalue weighted by Gasteiger charge is 2.26. The zero-order valence-corrected chi connectivity index (χ0v) is 12.6. The SMILES string of the molecule is O=C(NC1CC1)c1c[nH]nc1-c1nc2cc3c(cc2[nH]1)CCC3. The number of amides is 1. The third-order valence-electron chi connectivity index (χ3n) is 4.72. The molecule has 1 aromatic carbocycles. The van der Waals surface area contributed by atoms with Gasteiger partial charge in [-0.1, -0.05) is 0 Å². The second-order valence-electron chi connectivity index (χ2n) is 6.47. The lowest BCUT2D eigenvalue weighted by Gasteiger charge is -2.01. The van der Waals surface area contributed by atoms with E-state index in [1.54, 1.807) is 6.20 Å². The summed E-state index contributed by atoms with van der Waals surface area (Å²) >= 11 is 0. The largest absolute Gasteiger partial charge is 0.349 e. The van der Waals surface area contributed by atoms with Crippen LogP contribution in [0.1, 0.15) is 40.7 Å². The van der Waals surface area contributed by atoms with Gasteiger partial charge in [0, 0.05) is 12.2 Å². The number of fused-ring (bicyclic) bond motifs is 2. The number of hydrogen-bond acceptors (Lipinski definition) is 3. The molecule has 0 atom stereocenters. The van der Waals surface area contributed by atoms with Gasteiger partial charge in [-0.05, 0) is 55.4 Å². The average Bonchev–Trinajstić information content (AvgIpc) is 2.97. The van der Waals surface area contributed by atoms with E-state index in [1.165, 1.54) is 17.5 Å². The Kier molecular flexibility index (Phi) is 2.62. The van der Waals surface area contributed by atoms with Crippen LogP contribution in [0.2, 0.25) is 0 Å². The van der Waals surface area contributed by atoms with Crippen LogP contribution < -0.4 is 5.32 Å². The Morgan fingerprint density at radius 2 is 2.04 bits per heavy atom. The van der Waals surface area contributed by atoms with Gasteiger partial charge in [-0.3, -0.25) is 9.89 Å². The predicted molar refractivity (Wildman–Crippen MR) is 86.2 cm³/mol. The van der Waals surface area contributed by atoms with Crippen LogP contribution in [0.3, 0.4) is 0 Å². The van der Waals surface area contributed by atoms with Gasteiger partial charge in [-0.15, -0.1) is 0 Å². The fourth-order valence-electron chi connectivity index (χ4n) is 3.33. The Morgan fingerprint density at radius 1 is 1.22 bits per heavy atom. The number of aromatic amines is 2. The lowest BCUT2D eigenvalue weighted by Crippen LogP contribution is -2.25. The minimum atomic E-state index is -0.0841. The normalized spacial score (nSPS) is 16.7. The number of carbonyl (C=O) groups excluding carboxylic acids is 1. The Hall–Kier alpha value is -2.63. The van der Waals surface area contributed by atoms with Crippen LogP contribution >= 0.6 is 0 Å². The molecule has 116 valence electrons. The van der Waals surface area contributed by atoms with Crippen LogP contribution in [-0.4, -0.2) is 32.1 Å². The van der Waals surface area contributed by atoms with Crippen LogP contribution in [0.5, 0.6) is 0 Å². The third kappa shape index (κ3) is 2.13. The number of aromatic nitrogens is 4. The van der Waals surface area contributed by atoms with Crippen molar-refractivity contribution in [3.63, 3.8) is 0 Å². The standard InChI is InChI=1S/C17H17N5O/c23-17(19-11-4-5-11)12-8-18-22-15(12)16-20-13-6-9-2-1-3-10(9)7-14(13)21-16/h6-8,11H,1-5H2,(H,18,22)(H,19,23)(H,20,21). The van der Waals surface area contributed by atoms with E-state index in [9.17, 15) is 4.79 Å². The van der Waals surface area contributed by atoms with Crippen molar-refractivity contribution in [3.8, 4) is 11.5 Å². The molecule has 1 saturated carbocycles. The molecule has 0 spiro atoms. The number of benzene rings is 1. The summed E-state index contributed by atoms with van der Waals surface area (Å²) in [6.45, 7) is 0. The van der Waals surface area contributed by atoms with Crippen molar-refractivity contribution < 1.29 is 4.79 Å². The maximum atomic E-state index is 12.3. The monoisotopic (exact) mass is 307 g/mol. The number of nitrogens with one attached hydrogen (secondary N) is 3.